The van der Waals surface area contributed by atoms with E-state index >= 15 is 0 Å². The smallest absolute Gasteiger partial charge is 0.262 e. The highest BCUT2D eigenvalue weighted by Gasteiger charge is 2.14. The number of nitrogens with one attached hydrogen (secondary N) is 2. The largest absolute Gasteiger partial charge is 0.349 e. The highest BCUT2D eigenvalue weighted by molar-refractivity contribution is 7.99. The van der Waals surface area contributed by atoms with Gasteiger partial charge in [-0.15, -0.1) is 0 Å². The molecule has 3 aromatic carbocycles. The molecule has 5 aromatic rings. The van der Waals surface area contributed by atoms with E-state index in [1.807, 2.05) is 55.5 Å². The number of rotatable bonds is 6. The van der Waals surface area contributed by atoms with Crippen molar-refractivity contribution in [2.75, 3.05) is 5.75 Å². The summed E-state index contributed by atoms with van der Waals surface area (Å²) in [6.45, 7) is 1.96. The lowest BCUT2D eigenvalue weighted by molar-refractivity contribution is -0.119. The average Bonchev–Trinajstić information content (AvgIpc) is 3.27. The molecule has 1 amide bonds. The number of hydrogen-bond donors (Lipinski definition) is 2. The van der Waals surface area contributed by atoms with Crippen LogP contribution in [0.25, 0.3) is 27.5 Å². The highest BCUT2D eigenvalue weighted by atomic mass is 32.2. The molecule has 1 unspecified atom stereocenters. The van der Waals surface area contributed by atoms with E-state index in [-0.39, 0.29) is 23.3 Å². The minimum absolute atomic E-state index is 0.131. The lowest BCUT2D eigenvalue weighted by atomic mass is 10.0. The Kier molecular flexibility index (Phi) is 5.66. The summed E-state index contributed by atoms with van der Waals surface area (Å²) in [5.74, 6) is -0.00812. The summed E-state index contributed by atoms with van der Waals surface area (Å²) in [5, 5.41) is 10.4. The number of carbonyl (C=O) groups excluding carboxylic acids is 1. The van der Waals surface area contributed by atoms with Crippen molar-refractivity contribution in [2.45, 2.75) is 18.1 Å². The zero-order chi connectivity index (χ0) is 22.8. The second-order valence-electron chi connectivity index (χ2n) is 7.68. The summed E-state index contributed by atoms with van der Waals surface area (Å²) >= 11 is 1.18. The number of amides is 1. The van der Waals surface area contributed by atoms with E-state index in [0.717, 1.165) is 22.0 Å². The lowest BCUT2D eigenvalue weighted by Crippen LogP contribution is -2.28. The summed E-state index contributed by atoms with van der Waals surface area (Å²) in [4.78, 5) is 32.4. The van der Waals surface area contributed by atoms with Gasteiger partial charge in [0, 0.05) is 0 Å². The maximum atomic E-state index is 12.6. The van der Waals surface area contributed by atoms with Gasteiger partial charge in [-0.25, -0.2) is 9.67 Å². The van der Waals surface area contributed by atoms with Gasteiger partial charge in [0.15, 0.2) is 10.8 Å². The Hall–Kier alpha value is -3.91. The van der Waals surface area contributed by atoms with Gasteiger partial charge >= 0.3 is 0 Å². The van der Waals surface area contributed by atoms with Gasteiger partial charge in [0.1, 0.15) is 5.39 Å². The molecule has 0 fully saturated rings. The molecule has 0 aliphatic carbocycles. The molecule has 0 saturated carbocycles. The number of para-hydroxylation sites is 1. The first-order valence-corrected chi connectivity index (χ1v) is 11.5. The first-order chi connectivity index (χ1) is 16.1. The molecule has 7 nitrogen and oxygen atoms in total. The molecule has 33 heavy (non-hydrogen) atoms. The number of benzene rings is 3. The van der Waals surface area contributed by atoms with Crippen LogP contribution in [0.3, 0.4) is 0 Å². The van der Waals surface area contributed by atoms with Crippen LogP contribution in [0.1, 0.15) is 18.5 Å². The number of nitrogens with zero attached hydrogens (tertiary/aromatic N) is 3. The highest BCUT2D eigenvalue weighted by Crippen LogP contribution is 2.21. The quantitative estimate of drug-likeness (QED) is 0.295. The summed E-state index contributed by atoms with van der Waals surface area (Å²) in [6.07, 6.45) is 1.50. The van der Waals surface area contributed by atoms with E-state index in [9.17, 15) is 9.59 Å². The van der Waals surface area contributed by atoms with E-state index < -0.39 is 0 Å². The Morgan fingerprint density at radius 2 is 1.82 bits per heavy atom. The monoisotopic (exact) mass is 455 g/mol. The predicted octanol–water partition coefficient (Wildman–Crippen LogP) is 4.23. The Morgan fingerprint density at radius 3 is 2.64 bits per heavy atom. The van der Waals surface area contributed by atoms with Gasteiger partial charge in [0.25, 0.3) is 5.56 Å². The van der Waals surface area contributed by atoms with Gasteiger partial charge in [0.05, 0.1) is 23.7 Å². The number of fused-ring (bicyclic) bond motifs is 2. The molecule has 0 saturated heterocycles. The van der Waals surface area contributed by atoms with E-state index in [1.54, 1.807) is 4.68 Å². The zero-order valence-corrected chi connectivity index (χ0v) is 18.7. The second-order valence-corrected chi connectivity index (χ2v) is 8.65. The molecule has 2 N–H and O–H groups in total. The molecule has 8 heteroatoms. The maximum absolute atomic E-state index is 12.6. The fraction of sp³-hybridized carbons (Fsp3) is 0.120. The van der Waals surface area contributed by atoms with E-state index in [2.05, 4.69) is 44.6 Å². The van der Waals surface area contributed by atoms with Crippen LogP contribution in [0.15, 0.2) is 88.9 Å². The molecule has 5 rings (SSSR count). The van der Waals surface area contributed by atoms with Crippen LogP contribution in [0.4, 0.5) is 0 Å². The standard InChI is InChI=1S/C25H21N5O2S/c1-16(18-12-11-17-7-5-6-8-19(17)13-18)27-22(31)15-33-25-28-23-21(24(32)29-25)14-26-30(23)20-9-3-2-4-10-20/h2-14,16H,15H2,1H3,(H,27,31)(H,28,29,32). The Balaban J connectivity index is 1.29. The van der Waals surface area contributed by atoms with Crippen molar-refractivity contribution >= 4 is 39.5 Å². The molecular formula is C25H21N5O2S. The second kappa shape index (κ2) is 8.91. The molecule has 2 heterocycles. The van der Waals surface area contributed by atoms with Gasteiger partial charge in [-0.2, -0.15) is 5.10 Å². The number of carbonyl (C=O) groups is 1. The van der Waals surface area contributed by atoms with Gasteiger partial charge in [-0.05, 0) is 41.5 Å². The Bertz CT molecular complexity index is 1510. The first kappa shape index (κ1) is 21.0. The number of aromatic nitrogens is 4. The van der Waals surface area contributed by atoms with Crippen molar-refractivity contribution in [3.8, 4) is 5.69 Å². The topological polar surface area (TPSA) is 92.7 Å². The third-order valence-corrected chi connectivity index (χ3v) is 6.28. The third-order valence-electron chi connectivity index (χ3n) is 5.41. The Morgan fingerprint density at radius 1 is 1.06 bits per heavy atom. The molecule has 0 aliphatic heterocycles. The van der Waals surface area contributed by atoms with Crippen molar-refractivity contribution in [1.29, 1.82) is 0 Å². The SMILES string of the molecule is CC(NC(=O)CSc1nc2c(cnn2-c2ccccc2)c(=O)[nH]1)c1ccc2ccccc2c1. The number of thioether (sulfide) groups is 1. The molecule has 0 radical (unpaired) electrons. The number of H-pyrrole nitrogens is 1. The minimum Gasteiger partial charge on any atom is -0.349 e. The summed E-state index contributed by atoms with van der Waals surface area (Å²) in [6, 6.07) is 23.6. The molecule has 0 aliphatic rings. The summed E-state index contributed by atoms with van der Waals surface area (Å²) in [5.41, 5.74) is 2.02. The molecule has 2 aromatic heterocycles. The van der Waals surface area contributed by atoms with Crippen molar-refractivity contribution in [3.05, 3.63) is 94.9 Å². The first-order valence-electron chi connectivity index (χ1n) is 10.5. The fourth-order valence-corrected chi connectivity index (χ4v) is 4.37. The van der Waals surface area contributed by atoms with Crippen molar-refractivity contribution in [3.63, 3.8) is 0 Å². The molecule has 0 spiro atoms. The van der Waals surface area contributed by atoms with Crippen molar-refractivity contribution < 1.29 is 4.79 Å². The lowest BCUT2D eigenvalue weighted by Gasteiger charge is -2.15. The van der Waals surface area contributed by atoms with E-state index in [0.29, 0.717) is 16.2 Å². The van der Waals surface area contributed by atoms with Crippen LogP contribution in [0, 0.1) is 0 Å². The van der Waals surface area contributed by atoms with Crippen LogP contribution < -0.4 is 10.9 Å². The van der Waals surface area contributed by atoms with E-state index in [4.69, 9.17) is 0 Å². The summed E-state index contributed by atoms with van der Waals surface area (Å²) in [7, 11) is 0. The van der Waals surface area contributed by atoms with Gasteiger partial charge in [0.2, 0.25) is 5.91 Å². The van der Waals surface area contributed by atoms with Crippen LogP contribution >= 0.6 is 11.8 Å². The molecule has 0 bridgehead atoms. The Labute approximate surface area is 193 Å². The molecule has 164 valence electrons. The van der Waals surface area contributed by atoms with Gasteiger partial charge in [-0.3, -0.25) is 9.59 Å². The average molecular weight is 456 g/mol. The normalized spacial score (nSPS) is 12.2. The van der Waals surface area contributed by atoms with Gasteiger partial charge in [-0.1, -0.05) is 66.4 Å². The molecular weight excluding hydrogens is 434 g/mol. The third kappa shape index (κ3) is 4.38. The van der Waals surface area contributed by atoms with Crippen LogP contribution in [0.2, 0.25) is 0 Å². The van der Waals surface area contributed by atoms with Crippen LogP contribution in [-0.4, -0.2) is 31.4 Å². The van der Waals surface area contributed by atoms with Crippen LogP contribution in [0.5, 0.6) is 0 Å². The fourth-order valence-electron chi connectivity index (χ4n) is 3.70. The summed E-state index contributed by atoms with van der Waals surface area (Å²) < 4.78 is 1.62. The number of aromatic amines is 1. The minimum atomic E-state index is -0.283. The predicted molar refractivity (Wildman–Crippen MR) is 131 cm³/mol. The van der Waals surface area contributed by atoms with Crippen molar-refractivity contribution in [2.24, 2.45) is 0 Å². The molecule has 1 atom stereocenters. The zero-order valence-electron chi connectivity index (χ0n) is 17.9. The van der Waals surface area contributed by atoms with Crippen molar-refractivity contribution in [1.82, 2.24) is 25.1 Å². The maximum Gasteiger partial charge on any atom is 0.262 e. The number of hydrogen-bond acceptors (Lipinski definition) is 5. The van der Waals surface area contributed by atoms with E-state index in [1.165, 1.54) is 18.0 Å². The van der Waals surface area contributed by atoms with Gasteiger partial charge < -0.3 is 10.3 Å². The van der Waals surface area contributed by atoms with Crippen LogP contribution in [-0.2, 0) is 4.79 Å².